The van der Waals surface area contributed by atoms with Gasteiger partial charge in [-0.05, 0) is 65.7 Å². The molecule has 1 N–H and O–H groups in total. The summed E-state index contributed by atoms with van der Waals surface area (Å²) in [5.41, 5.74) is 2.50. The second kappa shape index (κ2) is 9.45. The SMILES string of the molecule is CCOC(=O)C1=C(C)N=c2s/c(=C3\C(=O)Nc4ccc(Br)cc43)c(=O)n2[C@H]1c1ccc(OC)c(Br)c1. The van der Waals surface area contributed by atoms with Gasteiger partial charge in [-0.1, -0.05) is 33.3 Å². The number of aromatic nitrogens is 1. The Labute approximate surface area is 226 Å². The Bertz CT molecular complexity index is 1670. The number of rotatable bonds is 4. The lowest BCUT2D eigenvalue weighted by molar-refractivity contribution is -0.139. The van der Waals surface area contributed by atoms with Gasteiger partial charge in [0.05, 0.1) is 41.1 Å². The molecule has 5 rings (SSSR count). The predicted molar refractivity (Wildman–Crippen MR) is 143 cm³/mol. The fourth-order valence-electron chi connectivity index (χ4n) is 4.37. The summed E-state index contributed by atoms with van der Waals surface area (Å²) in [5, 5.41) is 2.82. The van der Waals surface area contributed by atoms with E-state index in [1.165, 1.54) is 4.57 Å². The summed E-state index contributed by atoms with van der Waals surface area (Å²) >= 11 is 8.06. The van der Waals surface area contributed by atoms with Crippen LogP contribution in [-0.2, 0) is 14.3 Å². The topological polar surface area (TPSA) is 99.0 Å². The van der Waals surface area contributed by atoms with Crippen molar-refractivity contribution in [3.63, 3.8) is 0 Å². The van der Waals surface area contributed by atoms with E-state index < -0.39 is 17.6 Å². The van der Waals surface area contributed by atoms with E-state index in [9.17, 15) is 14.4 Å². The predicted octanol–water partition coefficient (Wildman–Crippen LogP) is 3.65. The summed E-state index contributed by atoms with van der Waals surface area (Å²) in [6.07, 6.45) is 0. The summed E-state index contributed by atoms with van der Waals surface area (Å²) in [6.45, 7) is 3.61. The Balaban J connectivity index is 1.82. The van der Waals surface area contributed by atoms with Gasteiger partial charge in [0.1, 0.15) is 10.3 Å². The first-order valence-electron chi connectivity index (χ1n) is 10.9. The Kier molecular flexibility index (Phi) is 6.48. The van der Waals surface area contributed by atoms with Crippen LogP contribution in [0.25, 0.3) is 5.57 Å². The highest BCUT2D eigenvalue weighted by atomic mass is 79.9. The molecular weight excluding hydrogens is 614 g/mol. The third kappa shape index (κ3) is 3.95. The minimum Gasteiger partial charge on any atom is -0.496 e. The highest BCUT2D eigenvalue weighted by Crippen LogP contribution is 2.36. The first-order chi connectivity index (χ1) is 17.2. The smallest absolute Gasteiger partial charge is 0.338 e. The molecule has 3 heterocycles. The largest absolute Gasteiger partial charge is 0.496 e. The van der Waals surface area contributed by atoms with Crippen LogP contribution in [0, 0.1) is 0 Å². The van der Waals surface area contributed by atoms with Crippen LogP contribution >= 0.6 is 43.2 Å². The fourth-order valence-corrected chi connectivity index (χ4v) is 6.44. The van der Waals surface area contributed by atoms with Crippen molar-refractivity contribution in [2.45, 2.75) is 19.9 Å². The van der Waals surface area contributed by atoms with E-state index in [0.29, 0.717) is 37.5 Å². The second-order valence-corrected chi connectivity index (χ2v) is 10.8. The zero-order valence-electron chi connectivity index (χ0n) is 19.3. The Morgan fingerprint density at radius 3 is 2.67 bits per heavy atom. The van der Waals surface area contributed by atoms with Gasteiger partial charge in [-0.25, -0.2) is 9.79 Å². The van der Waals surface area contributed by atoms with Crippen LogP contribution in [0.5, 0.6) is 5.75 Å². The van der Waals surface area contributed by atoms with Gasteiger partial charge in [-0.2, -0.15) is 0 Å². The number of thiazole rings is 1. The molecule has 1 amide bonds. The van der Waals surface area contributed by atoms with E-state index in [-0.39, 0.29) is 28.2 Å². The highest BCUT2D eigenvalue weighted by molar-refractivity contribution is 9.10. The standard InChI is InChI=1S/C25H19Br2N3O5S/c1-4-35-24(33)18-11(2)28-25-30(20(18)12-5-8-17(34-3)15(27)9-12)23(32)21(36-25)19-14-10-13(26)6-7-16(14)29-22(19)31/h5-10,20H,4H2,1-3H3,(H,29,31)/b21-19-/t20-/m0/s1. The Morgan fingerprint density at radius 2 is 1.97 bits per heavy atom. The molecule has 8 nitrogen and oxygen atoms in total. The monoisotopic (exact) mass is 631 g/mol. The summed E-state index contributed by atoms with van der Waals surface area (Å²) in [5.74, 6) is -0.309. The van der Waals surface area contributed by atoms with Crippen molar-refractivity contribution in [2.75, 3.05) is 19.0 Å². The summed E-state index contributed by atoms with van der Waals surface area (Å²) in [6, 6.07) is 9.95. The summed E-state index contributed by atoms with van der Waals surface area (Å²) < 4.78 is 13.8. The number of ether oxygens (including phenoxy) is 2. The average Bonchev–Trinajstić information content (AvgIpc) is 3.32. The van der Waals surface area contributed by atoms with Gasteiger partial charge in [-0.3, -0.25) is 14.2 Å². The van der Waals surface area contributed by atoms with Crippen LogP contribution in [0.15, 0.2) is 66.4 Å². The van der Waals surface area contributed by atoms with E-state index in [0.717, 1.165) is 15.8 Å². The van der Waals surface area contributed by atoms with Crippen molar-refractivity contribution >= 4 is 66.3 Å². The minimum atomic E-state index is -0.802. The number of halogens is 2. The highest BCUT2D eigenvalue weighted by Gasteiger charge is 2.35. The van der Waals surface area contributed by atoms with Gasteiger partial charge in [0.25, 0.3) is 11.5 Å². The number of carbonyl (C=O) groups is 2. The van der Waals surface area contributed by atoms with Crippen LogP contribution in [-0.4, -0.2) is 30.2 Å². The van der Waals surface area contributed by atoms with E-state index in [2.05, 4.69) is 42.2 Å². The van der Waals surface area contributed by atoms with Gasteiger partial charge in [0.2, 0.25) is 0 Å². The van der Waals surface area contributed by atoms with Crippen molar-refractivity contribution in [1.82, 2.24) is 4.57 Å². The molecule has 184 valence electrons. The molecule has 1 atom stereocenters. The van der Waals surface area contributed by atoms with E-state index >= 15 is 0 Å². The molecule has 11 heteroatoms. The molecule has 3 aromatic rings. The Hall–Kier alpha value is -3.02. The summed E-state index contributed by atoms with van der Waals surface area (Å²) in [4.78, 5) is 45.0. The van der Waals surface area contributed by atoms with Crippen LogP contribution < -0.4 is 24.9 Å². The molecule has 0 aliphatic carbocycles. The van der Waals surface area contributed by atoms with E-state index in [1.807, 2.05) is 6.07 Å². The van der Waals surface area contributed by atoms with Gasteiger partial charge < -0.3 is 14.8 Å². The molecular formula is C25H19Br2N3O5S. The van der Waals surface area contributed by atoms with Crippen LogP contribution in [0.1, 0.15) is 31.0 Å². The van der Waals surface area contributed by atoms with Gasteiger partial charge in [0, 0.05) is 15.7 Å². The van der Waals surface area contributed by atoms with Crippen molar-refractivity contribution in [2.24, 2.45) is 4.99 Å². The third-order valence-electron chi connectivity index (χ3n) is 5.94. The van der Waals surface area contributed by atoms with Gasteiger partial charge >= 0.3 is 5.97 Å². The molecule has 0 saturated heterocycles. The number of carbonyl (C=O) groups excluding carboxylic acids is 2. The maximum Gasteiger partial charge on any atom is 0.338 e. The first kappa shape index (κ1) is 24.7. The molecule has 0 saturated carbocycles. The van der Waals surface area contributed by atoms with Crippen LogP contribution in [0.4, 0.5) is 5.69 Å². The number of hydrogen-bond donors (Lipinski definition) is 1. The van der Waals surface area contributed by atoms with Crippen LogP contribution in [0.2, 0.25) is 0 Å². The minimum absolute atomic E-state index is 0.176. The molecule has 1 aromatic heterocycles. The number of nitrogens with zero attached hydrogens (tertiary/aromatic N) is 2. The number of hydrogen-bond acceptors (Lipinski definition) is 7. The maximum atomic E-state index is 14.0. The zero-order chi connectivity index (χ0) is 25.7. The quantitative estimate of drug-likeness (QED) is 0.443. The lowest BCUT2D eigenvalue weighted by Gasteiger charge is -2.25. The number of esters is 1. The molecule has 0 spiro atoms. The normalized spacial score (nSPS) is 17.8. The number of nitrogens with one attached hydrogen (secondary N) is 1. The summed E-state index contributed by atoms with van der Waals surface area (Å²) in [7, 11) is 1.56. The van der Waals surface area contributed by atoms with Crippen LogP contribution in [0.3, 0.4) is 0 Å². The molecule has 2 aliphatic rings. The van der Waals surface area contributed by atoms with Crippen molar-refractivity contribution < 1.29 is 19.1 Å². The van der Waals surface area contributed by atoms with Crippen molar-refractivity contribution in [1.29, 1.82) is 0 Å². The number of anilines is 1. The molecule has 0 fully saturated rings. The molecule has 36 heavy (non-hydrogen) atoms. The van der Waals surface area contributed by atoms with Gasteiger partial charge in [-0.15, -0.1) is 0 Å². The molecule has 0 bridgehead atoms. The number of methoxy groups -OCH3 is 1. The maximum absolute atomic E-state index is 14.0. The molecule has 2 aromatic carbocycles. The number of allylic oxidation sites excluding steroid dienone is 1. The lowest BCUT2D eigenvalue weighted by Crippen LogP contribution is -2.40. The number of benzene rings is 2. The fraction of sp³-hybridized carbons (Fsp3) is 0.200. The molecule has 2 aliphatic heterocycles. The number of fused-ring (bicyclic) bond motifs is 2. The van der Waals surface area contributed by atoms with Gasteiger partial charge in [0.15, 0.2) is 4.80 Å². The molecule has 0 unspecified atom stereocenters. The molecule has 0 radical (unpaired) electrons. The Morgan fingerprint density at radius 1 is 1.19 bits per heavy atom. The third-order valence-corrected chi connectivity index (χ3v) is 8.10. The lowest BCUT2D eigenvalue weighted by atomic mass is 9.96. The first-order valence-corrected chi connectivity index (χ1v) is 13.3. The van der Waals surface area contributed by atoms with Crippen molar-refractivity contribution in [3.8, 4) is 5.75 Å². The van der Waals surface area contributed by atoms with Crippen molar-refractivity contribution in [3.05, 3.63) is 87.4 Å². The zero-order valence-corrected chi connectivity index (χ0v) is 23.3. The van der Waals surface area contributed by atoms with E-state index in [1.54, 1.807) is 51.3 Å². The second-order valence-electron chi connectivity index (χ2n) is 8.04. The van der Waals surface area contributed by atoms with E-state index in [4.69, 9.17) is 9.47 Å². The number of amides is 1. The average molecular weight is 633 g/mol.